The maximum absolute atomic E-state index is 12.5. The zero-order valence-corrected chi connectivity index (χ0v) is 17.7. The highest BCUT2D eigenvalue weighted by atomic mass is 32.2. The highest BCUT2D eigenvalue weighted by Crippen LogP contribution is 2.18. The van der Waals surface area contributed by atoms with Crippen molar-refractivity contribution in [3.8, 4) is 5.75 Å². The summed E-state index contributed by atoms with van der Waals surface area (Å²) in [6.45, 7) is 5.72. The average Bonchev–Trinajstić information content (AvgIpc) is 2.74. The fraction of sp³-hybridized carbons (Fsp3) is 0.333. The van der Waals surface area contributed by atoms with E-state index in [0.717, 1.165) is 0 Å². The summed E-state index contributed by atoms with van der Waals surface area (Å²) in [6, 6.07) is 12.0. The van der Waals surface area contributed by atoms with E-state index in [4.69, 9.17) is 9.47 Å². The van der Waals surface area contributed by atoms with Crippen LogP contribution in [0.1, 0.15) is 41.5 Å². The van der Waals surface area contributed by atoms with E-state index in [-0.39, 0.29) is 16.2 Å². The Kier molecular flexibility index (Phi) is 7.53. The van der Waals surface area contributed by atoms with E-state index in [0.29, 0.717) is 24.4 Å². The molecule has 0 bridgehead atoms. The SMILES string of the molecule is CCN(CC)S(=O)(=O)c1ccc(C(=O)O[C@H](C)C(=O)c2ccc(OC)cc2)cc1. The lowest BCUT2D eigenvalue weighted by molar-refractivity contribution is 0.0318. The molecule has 2 aromatic rings. The van der Waals surface area contributed by atoms with Gasteiger partial charge in [0.2, 0.25) is 15.8 Å². The first-order chi connectivity index (χ1) is 13.7. The van der Waals surface area contributed by atoms with Gasteiger partial charge in [-0.2, -0.15) is 4.31 Å². The van der Waals surface area contributed by atoms with Crippen molar-refractivity contribution in [3.63, 3.8) is 0 Å². The van der Waals surface area contributed by atoms with Crippen LogP contribution in [0.2, 0.25) is 0 Å². The molecule has 0 saturated heterocycles. The molecule has 156 valence electrons. The minimum absolute atomic E-state index is 0.0973. The van der Waals surface area contributed by atoms with Crippen molar-refractivity contribution in [1.29, 1.82) is 0 Å². The van der Waals surface area contributed by atoms with Crippen molar-refractivity contribution in [3.05, 3.63) is 59.7 Å². The molecule has 0 aliphatic carbocycles. The summed E-state index contributed by atoms with van der Waals surface area (Å²) in [4.78, 5) is 24.9. The number of methoxy groups -OCH3 is 1. The molecule has 8 heteroatoms. The predicted octanol–water partition coefficient (Wildman–Crippen LogP) is 3.15. The second kappa shape index (κ2) is 9.67. The number of hydrogen-bond acceptors (Lipinski definition) is 6. The monoisotopic (exact) mass is 419 g/mol. The van der Waals surface area contributed by atoms with Gasteiger partial charge in [-0.3, -0.25) is 4.79 Å². The highest BCUT2D eigenvalue weighted by molar-refractivity contribution is 7.89. The van der Waals surface area contributed by atoms with Crippen LogP contribution >= 0.6 is 0 Å². The smallest absolute Gasteiger partial charge is 0.338 e. The Morgan fingerprint density at radius 3 is 1.93 bits per heavy atom. The number of rotatable bonds is 9. The molecule has 0 radical (unpaired) electrons. The van der Waals surface area contributed by atoms with Crippen molar-refractivity contribution in [2.24, 2.45) is 0 Å². The van der Waals surface area contributed by atoms with Gasteiger partial charge in [-0.15, -0.1) is 0 Å². The molecule has 1 atom stereocenters. The molecule has 7 nitrogen and oxygen atoms in total. The van der Waals surface area contributed by atoms with Crippen LogP contribution in [-0.2, 0) is 14.8 Å². The number of sulfonamides is 1. The number of ketones is 1. The fourth-order valence-corrected chi connectivity index (χ4v) is 4.21. The lowest BCUT2D eigenvalue weighted by atomic mass is 10.1. The normalized spacial score (nSPS) is 12.4. The second-order valence-electron chi connectivity index (χ2n) is 6.25. The Hall–Kier alpha value is -2.71. The van der Waals surface area contributed by atoms with E-state index in [9.17, 15) is 18.0 Å². The number of nitrogens with zero attached hydrogens (tertiary/aromatic N) is 1. The van der Waals surface area contributed by atoms with Crippen molar-refractivity contribution < 1.29 is 27.5 Å². The standard InChI is InChI=1S/C21H25NO6S/c1-5-22(6-2)29(25,26)19-13-9-17(10-14-19)21(24)28-15(3)20(23)16-7-11-18(27-4)12-8-16/h7-15H,5-6H2,1-4H3/t15-/m1/s1. The highest BCUT2D eigenvalue weighted by Gasteiger charge is 2.23. The molecule has 0 aliphatic heterocycles. The molecule has 0 saturated carbocycles. The zero-order valence-electron chi connectivity index (χ0n) is 16.9. The molecule has 0 amide bonds. The molecule has 0 N–H and O–H groups in total. The van der Waals surface area contributed by atoms with Crippen molar-refractivity contribution in [1.82, 2.24) is 4.31 Å². The summed E-state index contributed by atoms with van der Waals surface area (Å²) in [5.74, 6) is -0.432. The van der Waals surface area contributed by atoms with E-state index in [1.807, 2.05) is 0 Å². The molecule has 2 rings (SSSR count). The van der Waals surface area contributed by atoms with E-state index in [1.165, 1.54) is 42.6 Å². The van der Waals surface area contributed by atoms with Gasteiger partial charge in [0.25, 0.3) is 0 Å². The molecular formula is C21H25NO6S. The summed E-state index contributed by atoms with van der Waals surface area (Å²) in [5.41, 5.74) is 0.560. The van der Waals surface area contributed by atoms with Gasteiger partial charge in [-0.05, 0) is 55.5 Å². The lowest BCUT2D eigenvalue weighted by Gasteiger charge is -2.18. The van der Waals surface area contributed by atoms with Gasteiger partial charge < -0.3 is 9.47 Å². The summed E-state index contributed by atoms with van der Waals surface area (Å²) in [7, 11) is -2.08. The molecule has 0 aliphatic rings. The largest absolute Gasteiger partial charge is 0.497 e. The predicted molar refractivity (Wildman–Crippen MR) is 109 cm³/mol. The van der Waals surface area contributed by atoms with Crippen LogP contribution in [0.25, 0.3) is 0 Å². The van der Waals surface area contributed by atoms with Crippen LogP contribution in [-0.4, -0.2) is 50.8 Å². The maximum atomic E-state index is 12.5. The van der Waals surface area contributed by atoms with E-state index < -0.39 is 22.1 Å². The van der Waals surface area contributed by atoms with E-state index in [1.54, 1.807) is 38.1 Å². The van der Waals surface area contributed by atoms with Gasteiger partial charge >= 0.3 is 5.97 Å². The summed E-state index contributed by atoms with van der Waals surface area (Å²) >= 11 is 0. The topological polar surface area (TPSA) is 90.0 Å². The fourth-order valence-electron chi connectivity index (χ4n) is 2.75. The van der Waals surface area contributed by atoms with Gasteiger partial charge in [0, 0.05) is 18.7 Å². The Morgan fingerprint density at radius 1 is 0.931 bits per heavy atom. The molecule has 0 aromatic heterocycles. The lowest BCUT2D eigenvalue weighted by Crippen LogP contribution is -2.30. The Labute approximate surface area is 171 Å². The maximum Gasteiger partial charge on any atom is 0.338 e. The van der Waals surface area contributed by atoms with Crippen LogP contribution in [0.5, 0.6) is 5.75 Å². The number of ether oxygens (including phenoxy) is 2. The quantitative estimate of drug-likeness (QED) is 0.458. The van der Waals surface area contributed by atoms with Crippen LogP contribution in [0, 0.1) is 0 Å². The van der Waals surface area contributed by atoms with Crippen LogP contribution in [0.15, 0.2) is 53.4 Å². The number of Topliss-reactive ketones (excluding diaryl/α,β-unsaturated/α-hetero) is 1. The summed E-state index contributed by atoms with van der Waals surface area (Å²) < 4.78 is 36.6. The minimum Gasteiger partial charge on any atom is -0.497 e. The molecule has 0 spiro atoms. The first kappa shape index (κ1) is 22.6. The van der Waals surface area contributed by atoms with E-state index in [2.05, 4.69) is 0 Å². The summed E-state index contributed by atoms with van der Waals surface area (Å²) in [6.07, 6.45) is -0.991. The molecule has 29 heavy (non-hydrogen) atoms. The van der Waals surface area contributed by atoms with Crippen LogP contribution in [0.4, 0.5) is 0 Å². The Bertz CT molecular complexity index is 948. The first-order valence-electron chi connectivity index (χ1n) is 9.24. The third kappa shape index (κ3) is 5.21. The average molecular weight is 419 g/mol. The second-order valence-corrected chi connectivity index (χ2v) is 8.19. The van der Waals surface area contributed by atoms with Gasteiger partial charge in [0.1, 0.15) is 5.75 Å². The van der Waals surface area contributed by atoms with Crippen LogP contribution < -0.4 is 4.74 Å². The van der Waals surface area contributed by atoms with Crippen molar-refractivity contribution in [2.75, 3.05) is 20.2 Å². The minimum atomic E-state index is -3.61. The third-order valence-electron chi connectivity index (χ3n) is 4.46. The van der Waals surface area contributed by atoms with Gasteiger partial charge in [0.05, 0.1) is 17.6 Å². The van der Waals surface area contributed by atoms with Crippen molar-refractivity contribution >= 4 is 21.8 Å². The summed E-state index contributed by atoms with van der Waals surface area (Å²) in [5, 5.41) is 0. The van der Waals surface area contributed by atoms with Gasteiger partial charge in [-0.1, -0.05) is 13.8 Å². The molecule has 2 aromatic carbocycles. The number of hydrogen-bond donors (Lipinski definition) is 0. The Morgan fingerprint density at radius 2 is 1.45 bits per heavy atom. The van der Waals surface area contributed by atoms with Crippen LogP contribution in [0.3, 0.4) is 0 Å². The first-order valence-corrected chi connectivity index (χ1v) is 10.7. The zero-order chi connectivity index (χ0) is 21.6. The number of esters is 1. The number of benzene rings is 2. The number of carbonyl (C=O) groups is 2. The molecular weight excluding hydrogens is 394 g/mol. The molecule has 0 heterocycles. The van der Waals surface area contributed by atoms with E-state index >= 15 is 0 Å². The molecule has 0 unspecified atom stereocenters. The third-order valence-corrected chi connectivity index (χ3v) is 6.52. The van der Waals surface area contributed by atoms with Crippen molar-refractivity contribution in [2.45, 2.75) is 31.8 Å². The van der Waals surface area contributed by atoms with Gasteiger partial charge in [0.15, 0.2) is 6.10 Å². The number of carbonyl (C=O) groups excluding carboxylic acids is 2. The Balaban J connectivity index is 2.09. The van der Waals surface area contributed by atoms with Gasteiger partial charge in [-0.25, -0.2) is 13.2 Å². The molecule has 0 fully saturated rings.